The smallest absolute Gasteiger partial charge is 0.465 e. The van der Waals surface area contributed by atoms with Crippen molar-refractivity contribution in [1.82, 2.24) is 0 Å². The Bertz CT molecular complexity index is 817. The van der Waals surface area contributed by atoms with Gasteiger partial charge in [0.1, 0.15) is 0 Å². The first-order chi connectivity index (χ1) is 22.7. The normalized spacial score (nSPS) is 14.7. The van der Waals surface area contributed by atoms with Crippen molar-refractivity contribution in [1.29, 1.82) is 0 Å². The lowest BCUT2D eigenvalue weighted by Crippen LogP contribution is -2.63. The van der Waals surface area contributed by atoms with E-state index in [2.05, 4.69) is 39.3 Å². The standard InChI is InChI=1S/C28H70O14Si7/c1-18-27(2)28(29)39-19-20-49(40-43(12,13)21-24-46(30-3,31-4)32-5,41-44(14,15)22-25-47(33-6,34-7)35-8)42-45(16,17)23-26-48(36-9,37-10)38-11/h27H,18-26H2,1-17H3. The van der Waals surface area contributed by atoms with Crippen molar-refractivity contribution in [2.45, 2.75) is 102 Å². The van der Waals surface area contributed by atoms with Crippen LogP contribution in [0.5, 0.6) is 0 Å². The minimum absolute atomic E-state index is 0.113. The predicted molar refractivity (Wildman–Crippen MR) is 206 cm³/mol. The van der Waals surface area contributed by atoms with Crippen LogP contribution in [0.4, 0.5) is 0 Å². The van der Waals surface area contributed by atoms with Gasteiger partial charge in [-0.1, -0.05) is 13.8 Å². The van der Waals surface area contributed by atoms with Gasteiger partial charge in [0.2, 0.25) is 0 Å². The monoisotopic (exact) mass is 826 g/mol. The average Bonchev–Trinajstić information content (AvgIpc) is 3.06. The van der Waals surface area contributed by atoms with Gasteiger partial charge in [0, 0.05) is 88.2 Å². The molecular weight excluding hydrogens is 757 g/mol. The number of rotatable bonds is 29. The lowest BCUT2D eigenvalue weighted by Gasteiger charge is -2.45. The van der Waals surface area contributed by atoms with Crippen LogP contribution >= 0.6 is 0 Å². The Balaban J connectivity index is 6.97. The molecule has 1 unspecified atom stereocenters. The number of hydrogen-bond acceptors (Lipinski definition) is 14. The van der Waals surface area contributed by atoms with Crippen LogP contribution < -0.4 is 0 Å². The highest BCUT2D eigenvalue weighted by atomic mass is 28.5. The Morgan fingerprint density at radius 1 is 0.449 bits per heavy atom. The molecule has 0 aliphatic rings. The molecule has 0 aliphatic carbocycles. The molecule has 0 fully saturated rings. The first kappa shape index (κ1) is 49.5. The maximum atomic E-state index is 12.8. The van der Waals surface area contributed by atoms with Crippen molar-refractivity contribution in [3.63, 3.8) is 0 Å². The van der Waals surface area contributed by atoms with Crippen LogP contribution in [0, 0.1) is 5.92 Å². The molecular formula is C28H70O14Si7. The number of ether oxygens (including phenoxy) is 1. The Labute approximate surface area is 305 Å². The van der Waals surface area contributed by atoms with Gasteiger partial charge >= 0.3 is 41.2 Å². The minimum atomic E-state index is -3.61. The second kappa shape index (κ2) is 22.0. The summed E-state index contributed by atoms with van der Waals surface area (Å²) in [6.07, 6.45) is 0.684. The molecule has 0 heterocycles. The summed E-state index contributed by atoms with van der Waals surface area (Å²) in [7, 11) is -5.50. The largest absolute Gasteiger partial charge is 0.499 e. The molecule has 0 amide bonds. The SMILES string of the molecule is CCC(C)C(=O)OCC[Si](O[Si](C)(C)CC[Si](OC)(OC)OC)(O[Si](C)(C)CC[Si](OC)(OC)OC)O[Si](C)(C)CC[Si](OC)(OC)OC. The summed E-state index contributed by atoms with van der Waals surface area (Å²) in [5.41, 5.74) is 0. The third kappa shape index (κ3) is 16.6. The Morgan fingerprint density at radius 3 is 0.939 bits per heavy atom. The number of carbonyl (C=O) groups excluding carboxylic acids is 1. The molecule has 21 heteroatoms. The zero-order chi connectivity index (χ0) is 38.2. The average molecular weight is 827 g/mol. The number of carbonyl (C=O) groups is 1. The molecule has 49 heavy (non-hydrogen) atoms. The van der Waals surface area contributed by atoms with Gasteiger partial charge < -0.3 is 56.9 Å². The van der Waals surface area contributed by atoms with Crippen LogP contribution in [0.25, 0.3) is 0 Å². The number of esters is 1. The zero-order valence-corrected chi connectivity index (χ0v) is 40.7. The molecule has 0 rings (SSSR count). The topological polar surface area (TPSA) is 137 Å². The quantitative estimate of drug-likeness (QED) is 0.0662. The lowest BCUT2D eigenvalue weighted by atomic mass is 10.1. The molecule has 0 spiro atoms. The third-order valence-corrected chi connectivity index (χ3v) is 34.1. The van der Waals surface area contributed by atoms with Crippen LogP contribution in [-0.4, -0.2) is 137 Å². The molecule has 294 valence electrons. The fourth-order valence-electron chi connectivity index (χ4n) is 5.25. The van der Waals surface area contributed by atoms with Crippen molar-refractivity contribution in [3.05, 3.63) is 0 Å². The van der Waals surface area contributed by atoms with Gasteiger partial charge in [-0.15, -0.1) is 0 Å². The van der Waals surface area contributed by atoms with Gasteiger partial charge in [0.25, 0.3) is 0 Å². The summed E-state index contributed by atoms with van der Waals surface area (Å²) in [5.74, 6) is -0.472. The highest BCUT2D eigenvalue weighted by Crippen LogP contribution is 2.36. The van der Waals surface area contributed by atoms with Crippen LogP contribution in [0.2, 0.25) is 81.6 Å². The second-order valence-corrected chi connectivity index (χ2v) is 39.5. The summed E-state index contributed by atoms with van der Waals surface area (Å²) >= 11 is 0. The van der Waals surface area contributed by atoms with E-state index >= 15 is 0 Å². The van der Waals surface area contributed by atoms with E-state index in [9.17, 15) is 4.79 Å². The van der Waals surface area contributed by atoms with Gasteiger partial charge in [-0.25, -0.2) is 0 Å². The molecule has 0 saturated heterocycles. The fraction of sp³-hybridized carbons (Fsp3) is 0.964. The molecule has 0 aromatic rings. The minimum Gasteiger partial charge on any atom is -0.465 e. The van der Waals surface area contributed by atoms with Crippen molar-refractivity contribution in [2.75, 3.05) is 70.6 Å². The van der Waals surface area contributed by atoms with E-state index in [4.69, 9.17) is 56.9 Å². The van der Waals surface area contributed by atoms with Crippen LogP contribution in [0.3, 0.4) is 0 Å². The molecule has 1 atom stereocenters. The van der Waals surface area contributed by atoms with E-state index in [1.165, 1.54) is 0 Å². The Hall–Kier alpha value is 0.508. The Kier molecular flexibility index (Phi) is 22.3. The zero-order valence-electron chi connectivity index (χ0n) is 33.7. The molecule has 0 aromatic carbocycles. The van der Waals surface area contributed by atoms with Crippen LogP contribution in [0.15, 0.2) is 0 Å². The van der Waals surface area contributed by atoms with Gasteiger partial charge in [0.15, 0.2) is 25.0 Å². The molecule has 0 radical (unpaired) electrons. The van der Waals surface area contributed by atoms with Crippen LogP contribution in [-0.2, 0) is 61.7 Å². The van der Waals surface area contributed by atoms with Gasteiger partial charge in [-0.3, -0.25) is 4.79 Å². The maximum Gasteiger partial charge on any atom is 0.499 e. The van der Waals surface area contributed by atoms with E-state index in [0.717, 1.165) is 0 Å². The van der Waals surface area contributed by atoms with E-state index in [0.29, 0.717) is 48.7 Å². The highest BCUT2D eigenvalue weighted by Gasteiger charge is 2.55. The van der Waals surface area contributed by atoms with Gasteiger partial charge in [-0.2, -0.15) is 0 Å². The summed E-state index contributed by atoms with van der Waals surface area (Å²) in [6, 6.07) is 4.03. The van der Waals surface area contributed by atoms with Crippen LogP contribution in [0.1, 0.15) is 20.3 Å². The summed E-state index contributed by atoms with van der Waals surface area (Å²) < 4.78 is 79.5. The summed E-state index contributed by atoms with van der Waals surface area (Å²) in [5, 5.41) is 0. The molecule has 14 nitrogen and oxygen atoms in total. The summed E-state index contributed by atoms with van der Waals surface area (Å²) in [4.78, 5) is 12.8. The predicted octanol–water partition coefficient (Wildman–Crippen LogP) is 5.81. The van der Waals surface area contributed by atoms with Crippen molar-refractivity contribution in [3.8, 4) is 0 Å². The maximum absolute atomic E-state index is 12.8. The molecule has 0 aliphatic heterocycles. The fourth-order valence-corrected chi connectivity index (χ4v) is 34.0. The first-order valence-electron chi connectivity index (χ1n) is 16.9. The van der Waals surface area contributed by atoms with E-state index in [-0.39, 0.29) is 18.5 Å². The number of hydrogen-bond donors (Lipinski definition) is 0. The first-order valence-corrected chi connectivity index (χ1v) is 34.0. The van der Waals surface area contributed by atoms with Crippen molar-refractivity contribution >= 4 is 66.1 Å². The molecule has 0 N–H and O–H groups in total. The highest BCUT2D eigenvalue weighted by molar-refractivity contribution is 6.91. The summed E-state index contributed by atoms with van der Waals surface area (Å²) in [6.45, 7) is 16.8. The van der Waals surface area contributed by atoms with Crippen molar-refractivity contribution < 1.29 is 61.7 Å². The van der Waals surface area contributed by atoms with E-state index < -0.39 is 60.2 Å². The van der Waals surface area contributed by atoms with Gasteiger partial charge in [0.05, 0.1) is 12.5 Å². The molecule has 0 aromatic heterocycles. The van der Waals surface area contributed by atoms with Gasteiger partial charge in [-0.05, 0) is 63.8 Å². The second-order valence-electron chi connectivity index (χ2n) is 13.9. The third-order valence-electron chi connectivity index (χ3n) is 8.86. The molecule has 0 saturated carbocycles. The molecule has 0 bridgehead atoms. The van der Waals surface area contributed by atoms with E-state index in [1.54, 1.807) is 64.0 Å². The lowest BCUT2D eigenvalue weighted by molar-refractivity contribution is -0.147. The van der Waals surface area contributed by atoms with Crippen molar-refractivity contribution in [2.24, 2.45) is 5.92 Å². The van der Waals surface area contributed by atoms with E-state index in [1.807, 2.05) is 13.8 Å². The Morgan fingerprint density at radius 2 is 0.714 bits per heavy atom.